The van der Waals surface area contributed by atoms with E-state index in [1.165, 1.54) is 4.90 Å². The van der Waals surface area contributed by atoms with Crippen LogP contribution in [0.2, 0.25) is 0 Å². The van der Waals surface area contributed by atoms with E-state index in [1.807, 2.05) is 67.6 Å². The quantitative estimate of drug-likeness (QED) is 0.660. The summed E-state index contributed by atoms with van der Waals surface area (Å²) in [6.45, 7) is 1.87. The average molecular weight is 428 g/mol. The summed E-state index contributed by atoms with van der Waals surface area (Å²) in [7, 11) is 3.27. The van der Waals surface area contributed by atoms with Crippen molar-refractivity contribution in [1.82, 2.24) is 5.32 Å². The molecule has 3 amide bonds. The second-order valence-corrected chi connectivity index (χ2v) is 7.44. The number of nitrogens with zero attached hydrogens (tertiary/aromatic N) is 2. The van der Waals surface area contributed by atoms with Gasteiger partial charge in [-0.1, -0.05) is 48.5 Å². The molecule has 3 aromatic rings. The highest BCUT2D eigenvalue weighted by Crippen LogP contribution is 2.27. The Morgan fingerprint density at radius 3 is 2.47 bits per heavy atom. The molecule has 0 unspecified atom stereocenters. The number of hydrogen-bond donors (Lipinski definition) is 2. The lowest BCUT2D eigenvalue weighted by Gasteiger charge is -2.21. The van der Waals surface area contributed by atoms with Crippen LogP contribution in [-0.2, 0) is 4.79 Å². The lowest BCUT2D eigenvalue weighted by molar-refractivity contribution is -0.119. The number of para-hydroxylation sites is 1. The molecule has 0 bridgehead atoms. The highest BCUT2D eigenvalue weighted by Gasteiger charge is 2.31. The summed E-state index contributed by atoms with van der Waals surface area (Å²) in [5.41, 5.74) is 4.52. The molecule has 162 valence electrons. The Morgan fingerprint density at radius 1 is 1.03 bits per heavy atom. The number of fused-ring (bicyclic) bond motifs is 1. The van der Waals surface area contributed by atoms with E-state index in [1.54, 1.807) is 26.3 Å². The van der Waals surface area contributed by atoms with E-state index in [0.29, 0.717) is 17.1 Å². The molecular formula is C25H24N4O3. The number of benzodiazepines with no additional fused rings is 1. The molecule has 0 aromatic heterocycles. The number of methoxy groups -OCH3 is 1. The van der Waals surface area contributed by atoms with Gasteiger partial charge in [-0.3, -0.25) is 4.79 Å². The summed E-state index contributed by atoms with van der Waals surface area (Å²) < 4.78 is 5.20. The normalized spacial score (nSPS) is 15.3. The number of carbonyl (C=O) groups excluding carboxylic acids is 2. The van der Waals surface area contributed by atoms with Crippen molar-refractivity contribution in [1.29, 1.82) is 0 Å². The molecular weight excluding hydrogens is 404 g/mol. The molecule has 0 aliphatic carbocycles. The Morgan fingerprint density at radius 2 is 1.75 bits per heavy atom. The zero-order valence-electron chi connectivity index (χ0n) is 18.1. The molecule has 7 heteroatoms. The molecule has 1 atom stereocenters. The number of nitrogens with one attached hydrogen (secondary N) is 2. The zero-order chi connectivity index (χ0) is 22.7. The van der Waals surface area contributed by atoms with Crippen LogP contribution in [-0.4, -0.2) is 38.0 Å². The monoisotopic (exact) mass is 428 g/mol. The largest absolute Gasteiger partial charge is 0.497 e. The second kappa shape index (κ2) is 8.93. The Balaban J connectivity index is 1.66. The van der Waals surface area contributed by atoms with E-state index in [-0.39, 0.29) is 5.91 Å². The van der Waals surface area contributed by atoms with Crippen LogP contribution in [0.3, 0.4) is 0 Å². The molecule has 4 rings (SSSR count). The second-order valence-electron chi connectivity index (χ2n) is 7.44. The van der Waals surface area contributed by atoms with Crippen LogP contribution in [0.25, 0.3) is 0 Å². The summed E-state index contributed by atoms with van der Waals surface area (Å²) >= 11 is 0. The summed E-state index contributed by atoms with van der Waals surface area (Å²) in [4.78, 5) is 32.2. The Labute approximate surface area is 186 Å². The minimum atomic E-state index is -1.08. The van der Waals surface area contributed by atoms with Gasteiger partial charge < -0.3 is 20.3 Å². The number of rotatable bonds is 4. The highest BCUT2D eigenvalue weighted by molar-refractivity contribution is 6.20. The molecule has 0 spiro atoms. The van der Waals surface area contributed by atoms with E-state index in [9.17, 15) is 9.59 Å². The third kappa shape index (κ3) is 4.18. The van der Waals surface area contributed by atoms with Gasteiger partial charge in [0.2, 0.25) is 6.17 Å². The molecule has 3 aromatic carbocycles. The van der Waals surface area contributed by atoms with E-state index in [2.05, 4.69) is 15.6 Å². The Kier molecular flexibility index (Phi) is 5.89. The Bertz CT molecular complexity index is 1190. The maximum absolute atomic E-state index is 13.2. The first-order chi connectivity index (χ1) is 15.5. The lowest BCUT2D eigenvalue weighted by atomic mass is 10.0. The highest BCUT2D eigenvalue weighted by atomic mass is 16.5. The number of carbonyl (C=O) groups is 2. The molecule has 0 fully saturated rings. The van der Waals surface area contributed by atoms with Gasteiger partial charge in [0, 0.05) is 23.9 Å². The van der Waals surface area contributed by atoms with Crippen molar-refractivity contribution in [2.75, 3.05) is 24.4 Å². The maximum atomic E-state index is 13.2. The first-order valence-electron chi connectivity index (χ1n) is 10.2. The van der Waals surface area contributed by atoms with Gasteiger partial charge in [-0.2, -0.15) is 0 Å². The van der Waals surface area contributed by atoms with Gasteiger partial charge in [0.1, 0.15) is 5.75 Å². The van der Waals surface area contributed by atoms with E-state index in [4.69, 9.17) is 4.74 Å². The fraction of sp³-hybridized carbons (Fsp3) is 0.160. The van der Waals surface area contributed by atoms with Crippen LogP contribution in [0.4, 0.5) is 16.2 Å². The summed E-state index contributed by atoms with van der Waals surface area (Å²) in [6.07, 6.45) is -1.08. The van der Waals surface area contributed by atoms with Gasteiger partial charge in [0.25, 0.3) is 5.91 Å². The first-order valence-corrected chi connectivity index (χ1v) is 10.2. The predicted molar refractivity (Wildman–Crippen MR) is 126 cm³/mol. The van der Waals surface area contributed by atoms with Crippen molar-refractivity contribution >= 4 is 29.0 Å². The molecule has 1 aliphatic heterocycles. The van der Waals surface area contributed by atoms with Crippen LogP contribution in [0.1, 0.15) is 16.7 Å². The van der Waals surface area contributed by atoms with Gasteiger partial charge in [0.15, 0.2) is 0 Å². The first kappa shape index (κ1) is 21.1. The average Bonchev–Trinajstić information content (AvgIpc) is 2.91. The maximum Gasteiger partial charge on any atom is 0.321 e. The van der Waals surface area contributed by atoms with Gasteiger partial charge in [0.05, 0.1) is 18.5 Å². The zero-order valence-corrected chi connectivity index (χ0v) is 18.1. The number of benzene rings is 3. The molecule has 32 heavy (non-hydrogen) atoms. The van der Waals surface area contributed by atoms with Crippen molar-refractivity contribution in [3.8, 4) is 5.75 Å². The van der Waals surface area contributed by atoms with Gasteiger partial charge in [-0.25, -0.2) is 9.79 Å². The molecule has 7 nitrogen and oxygen atoms in total. The van der Waals surface area contributed by atoms with Crippen LogP contribution in [0.5, 0.6) is 5.75 Å². The van der Waals surface area contributed by atoms with Crippen molar-refractivity contribution in [3.05, 3.63) is 89.5 Å². The molecule has 0 radical (unpaired) electrons. The third-order valence-corrected chi connectivity index (χ3v) is 5.34. The molecule has 2 N–H and O–H groups in total. The van der Waals surface area contributed by atoms with Crippen LogP contribution >= 0.6 is 0 Å². The van der Waals surface area contributed by atoms with Crippen LogP contribution < -0.4 is 20.3 Å². The number of aryl methyl sites for hydroxylation is 1. The minimum absolute atomic E-state index is 0.329. The summed E-state index contributed by atoms with van der Waals surface area (Å²) in [5.74, 6) is 0.369. The Hall–Kier alpha value is -4.13. The fourth-order valence-corrected chi connectivity index (χ4v) is 3.63. The molecule has 1 aliphatic rings. The lowest BCUT2D eigenvalue weighted by Crippen LogP contribution is -2.47. The van der Waals surface area contributed by atoms with E-state index < -0.39 is 12.2 Å². The smallest absolute Gasteiger partial charge is 0.321 e. The van der Waals surface area contributed by atoms with E-state index >= 15 is 0 Å². The SMILES string of the molecule is COc1ccc(NC(=O)N[C@H]2N=C(c3ccccc3)c3ccccc3N(C)C2=O)c(C)c1. The minimum Gasteiger partial charge on any atom is -0.497 e. The van der Waals surface area contributed by atoms with Crippen molar-refractivity contribution in [2.45, 2.75) is 13.1 Å². The number of amides is 3. The van der Waals surface area contributed by atoms with Gasteiger partial charge in [-0.15, -0.1) is 0 Å². The summed E-state index contributed by atoms with van der Waals surface area (Å²) in [5, 5.41) is 5.51. The number of likely N-dealkylation sites (N-methyl/N-ethyl adjacent to an activating group) is 1. The molecule has 0 saturated heterocycles. The number of aliphatic imine (C=N–C) groups is 1. The standard InChI is InChI=1S/C25H24N4O3/c1-16-15-18(32-3)13-14-20(16)26-25(31)28-23-24(30)29(2)21-12-8-7-11-19(21)22(27-23)17-9-5-4-6-10-17/h4-15,23H,1-3H3,(H2,26,28,31)/t23-/m1/s1. The predicted octanol–water partition coefficient (Wildman–Crippen LogP) is 3.97. The third-order valence-electron chi connectivity index (χ3n) is 5.34. The number of hydrogen-bond acceptors (Lipinski definition) is 4. The number of ether oxygens (including phenoxy) is 1. The van der Waals surface area contributed by atoms with Crippen LogP contribution in [0.15, 0.2) is 77.8 Å². The fourth-order valence-electron chi connectivity index (χ4n) is 3.63. The van der Waals surface area contributed by atoms with Crippen molar-refractivity contribution in [2.24, 2.45) is 4.99 Å². The molecule has 1 heterocycles. The van der Waals surface area contributed by atoms with Crippen molar-refractivity contribution in [3.63, 3.8) is 0 Å². The topological polar surface area (TPSA) is 83.0 Å². The van der Waals surface area contributed by atoms with Gasteiger partial charge in [-0.05, 0) is 36.8 Å². The van der Waals surface area contributed by atoms with Crippen molar-refractivity contribution < 1.29 is 14.3 Å². The number of anilines is 2. The van der Waals surface area contributed by atoms with Gasteiger partial charge >= 0.3 is 6.03 Å². The summed E-state index contributed by atoms with van der Waals surface area (Å²) in [6, 6.07) is 22.0. The van der Waals surface area contributed by atoms with E-state index in [0.717, 1.165) is 22.4 Å². The van der Waals surface area contributed by atoms with Crippen LogP contribution in [0, 0.1) is 6.92 Å². The molecule has 0 saturated carbocycles. The number of urea groups is 1.